The van der Waals surface area contributed by atoms with E-state index in [1.54, 1.807) is 6.08 Å². The van der Waals surface area contributed by atoms with Crippen LogP contribution in [0.5, 0.6) is 0 Å². The maximum absolute atomic E-state index is 12.6. The number of carbonyl (C=O) groups excluding carboxylic acids is 1. The van der Waals surface area contributed by atoms with Gasteiger partial charge in [0.25, 0.3) is 0 Å². The summed E-state index contributed by atoms with van der Waals surface area (Å²) in [4.78, 5) is 27.7. The first-order valence-electron chi connectivity index (χ1n) is 10.7. The molecule has 1 amide bonds. The largest absolute Gasteiger partial charge is 0.478 e. The molecule has 2 aromatic carbocycles. The number of nitrogens with zero attached hydrogens (tertiary/aromatic N) is 2. The van der Waals surface area contributed by atoms with Gasteiger partial charge in [-0.15, -0.1) is 0 Å². The Morgan fingerprint density at radius 1 is 1.07 bits per heavy atom. The Balaban J connectivity index is 1.51. The summed E-state index contributed by atoms with van der Waals surface area (Å²) in [7, 11) is 0. The minimum atomic E-state index is -0.936. The van der Waals surface area contributed by atoms with Crippen LogP contribution in [0.25, 0.3) is 6.08 Å². The van der Waals surface area contributed by atoms with E-state index < -0.39 is 5.97 Å². The molecular formula is C25H30N2O3. The molecule has 0 aliphatic carbocycles. The highest BCUT2D eigenvalue weighted by molar-refractivity contribution is 5.93. The van der Waals surface area contributed by atoms with Gasteiger partial charge in [-0.25, -0.2) is 4.79 Å². The summed E-state index contributed by atoms with van der Waals surface area (Å²) in [6.07, 6.45) is 6.21. The first-order valence-corrected chi connectivity index (χ1v) is 10.7. The fraction of sp³-hybridized carbons (Fsp3) is 0.360. The molecule has 0 aromatic heterocycles. The van der Waals surface area contributed by atoms with Gasteiger partial charge in [0.2, 0.25) is 5.91 Å². The van der Waals surface area contributed by atoms with Gasteiger partial charge in [-0.05, 0) is 48.6 Å². The zero-order chi connectivity index (χ0) is 21.3. The van der Waals surface area contributed by atoms with Crippen LogP contribution in [-0.4, -0.2) is 47.6 Å². The topological polar surface area (TPSA) is 60.9 Å². The molecule has 1 heterocycles. The van der Waals surface area contributed by atoms with Crippen LogP contribution in [0.4, 0.5) is 5.69 Å². The lowest BCUT2D eigenvalue weighted by Crippen LogP contribution is -2.47. The van der Waals surface area contributed by atoms with Crippen LogP contribution in [0.1, 0.15) is 37.3 Å². The molecule has 0 saturated carbocycles. The van der Waals surface area contributed by atoms with Crippen LogP contribution >= 0.6 is 0 Å². The van der Waals surface area contributed by atoms with Crippen molar-refractivity contribution >= 4 is 23.6 Å². The Morgan fingerprint density at radius 3 is 2.33 bits per heavy atom. The summed E-state index contributed by atoms with van der Waals surface area (Å²) in [6.45, 7) is 4.90. The summed E-state index contributed by atoms with van der Waals surface area (Å²) < 4.78 is 0. The Hall–Kier alpha value is -2.92. The third kappa shape index (κ3) is 6.04. The molecule has 0 atom stereocenters. The number of carboxylic acid groups (broad SMARTS) is 1. The van der Waals surface area contributed by atoms with E-state index in [4.69, 9.17) is 5.11 Å². The number of anilines is 1. The van der Waals surface area contributed by atoms with E-state index in [0.29, 0.717) is 6.42 Å². The summed E-state index contributed by atoms with van der Waals surface area (Å²) in [6, 6.07) is 18.3. The van der Waals surface area contributed by atoms with E-state index in [1.165, 1.54) is 5.56 Å². The molecule has 0 spiro atoms. The number of para-hydroxylation sites is 1. The maximum atomic E-state index is 12.6. The quantitative estimate of drug-likeness (QED) is 0.667. The van der Waals surface area contributed by atoms with Crippen molar-refractivity contribution in [2.75, 3.05) is 24.5 Å². The maximum Gasteiger partial charge on any atom is 0.328 e. The molecule has 30 heavy (non-hydrogen) atoms. The first kappa shape index (κ1) is 21.8. The van der Waals surface area contributed by atoms with Gasteiger partial charge < -0.3 is 14.9 Å². The predicted molar refractivity (Wildman–Crippen MR) is 120 cm³/mol. The van der Waals surface area contributed by atoms with Crippen LogP contribution in [0.2, 0.25) is 0 Å². The SMILES string of the molecule is CCC(=O)N(c1ccccc1)C1CCN(CCc2ccc(/C=C/C(=O)O)cc2)CC1. The van der Waals surface area contributed by atoms with Crippen LogP contribution in [0.15, 0.2) is 60.7 Å². The van der Waals surface area contributed by atoms with Gasteiger partial charge in [0.1, 0.15) is 0 Å². The van der Waals surface area contributed by atoms with E-state index in [0.717, 1.165) is 56.2 Å². The summed E-state index contributed by atoms with van der Waals surface area (Å²) in [5.74, 6) is -0.745. The number of likely N-dealkylation sites (tertiary alicyclic amines) is 1. The van der Waals surface area contributed by atoms with E-state index in [-0.39, 0.29) is 11.9 Å². The van der Waals surface area contributed by atoms with Crippen molar-refractivity contribution in [1.29, 1.82) is 0 Å². The molecule has 5 nitrogen and oxygen atoms in total. The van der Waals surface area contributed by atoms with E-state index in [9.17, 15) is 9.59 Å². The lowest BCUT2D eigenvalue weighted by molar-refractivity contribution is -0.131. The second-order valence-electron chi connectivity index (χ2n) is 7.69. The average molecular weight is 407 g/mol. The molecule has 1 fully saturated rings. The van der Waals surface area contributed by atoms with Crippen LogP contribution < -0.4 is 4.90 Å². The molecule has 3 rings (SSSR count). The van der Waals surface area contributed by atoms with E-state index in [1.807, 2.05) is 54.3 Å². The normalized spacial score (nSPS) is 15.4. The molecule has 5 heteroatoms. The third-order valence-electron chi connectivity index (χ3n) is 5.64. The first-order chi connectivity index (χ1) is 14.6. The molecule has 2 aromatic rings. The monoisotopic (exact) mass is 406 g/mol. The molecule has 1 aliphatic rings. The average Bonchev–Trinajstić information content (AvgIpc) is 2.78. The van der Waals surface area contributed by atoms with Gasteiger partial charge >= 0.3 is 5.97 Å². The fourth-order valence-corrected chi connectivity index (χ4v) is 3.97. The zero-order valence-electron chi connectivity index (χ0n) is 17.5. The summed E-state index contributed by atoms with van der Waals surface area (Å²) in [5, 5.41) is 8.71. The molecule has 1 saturated heterocycles. The highest BCUT2D eigenvalue weighted by atomic mass is 16.4. The highest BCUT2D eigenvalue weighted by Gasteiger charge is 2.28. The molecule has 1 N–H and O–H groups in total. The second-order valence-corrected chi connectivity index (χ2v) is 7.69. The van der Waals surface area contributed by atoms with Crippen LogP contribution in [0.3, 0.4) is 0 Å². The van der Waals surface area contributed by atoms with Crippen molar-refractivity contribution in [3.63, 3.8) is 0 Å². The van der Waals surface area contributed by atoms with E-state index >= 15 is 0 Å². The number of amides is 1. The van der Waals surface area contributed by atoms with Crippen molar-refractivity contribution in [2.45, 2.75) is 38.6 Å². The predicted octanol–water partition coefficient (Wildman–Crippen LogP) is 4.23. The van der Waals surface area contributed by atoms with Gasteiger partial charge in [-0.1, -0.05) is 49.4 Å². The fourth-order valence-electron chi connectivity index (χ4n) is 3.97. The van der Waals surface area contributed by atoms with Gasteiger partial charge in [0, 0.05) is 43.9 Å². The van der Waals surface area contributed by atoms with Crippen molar-refractivity contribution in [3.8, 4) is 0 Å². The molecule has 0 radical (unpaired) electrons. The lowest BCUT2D eigenvalue weighted by atomic mass is 10.0. The Morgan fingerprint density at radius 2 is 1.73 bits per heavy atom. The number of hydrogen-bond acceptors (Lipinski definition) is 3. The molecule has 0 unspecified atom stereocenters. The number of carboxylic acids is 1. The number of rotatable bonds is 8. The Kier molecular flexibility index (Phi) is 7.80. The number of aliphatic carboxylic acids is 1. The van der Waals surface area contributed by atoms with Crippen molar-refractivity contribution in [1.82, 2.24) is 4.90 Å². The van der Waals surface area contributed by atoms with Gasteiger partial charge in [0.15, 0.2) is 0 Å². The summed E-state index contributed by atoms with van der Waals surface area (Å²) >= 11 is 0. The van der Waals surface area contributed by atoms with Crippen LogP contribution in [-0.2, 0) is 16.0 Å². The highest BCUT2D eigenvalue weighted by Crippen LogP contribution is 2.24. The van der Waals surface area contributed by atoms with Gasteiger partial charge in [-0.3, -0.25) is 4.79 Å². The van der Waals surface area contributed by atoms with Crippen molar-refractivity contribution < 1.29 is 14.7 Å². The van der Waals surface area contributed by atoms with E-state index in [2.05, 4.69) is 17.0 Å². The summed E-state index contributed by atoms with van der Waals surface area (Å²) in [5.41, 5.74) is 3.14. The van der Waals surface area contributed by atoms with Gasteiger partial charge in [0.05, 0.1) is 0 Å². The molecule has 1 aliphatic heterocycles. The van der Waals surface area contributed by atoms with Gasteiger partial charge in [-0.2, -0.15) is 0 Å². The molecular weight excluding hydrogens is 376 g/mol. The Labute approximate surface area is 178 Å². The third-order valence-corrected chi connectivity index (χ3v) is 5.64. The minimum Gasteiger partial charge on any atom is -0.478 e. The minimum absolute atomic E-state index is 0.191. The Bertz CT molecular complexity index is 854. The number of benzene rings is 2. The number of piperidine rings is 1. The number of carbonyl (C=O) groups is 2. The number of hydrogen-bond donors (Lipinski definition) is 1. The second kappa shape index (κ2) is 10.7. The molecule has 0 bridgehead atoms. The standard InChI is InChI=1S/C25H30N2O3/c1-2-24(28)27(22-6-4-3-5-7-22)23-15-18-26(19-16-23)17-14-21-10-8-20(9-11-21)12-13-25(29)30/h3-13,23H,2,14-19H2,1H3,(H,29,30)/b13-12+. The van der Waals surface area contributed by atoms with Crippen LogP contribution in [0, 0.1) is 0 Å². The van der Waals surface area contributed by atoms with Crippen molar-refractivity contribution in [3.05, 3.63) is 71.8 Å². The molecule has 158 valence electrons. The van der Waals surface area contributed by atoms with Crippen molar-refractivity contribution in [2.24, 2.45) is 0 Å². The zero-order valence-corrected chi connectivity index (χ0v) is 17.5. The smallest absolute Gasteiger partial charge is 0.328 e. The lowest BCUT2D eigenvalue weighted by Gasteiger charge is -2.38.